The van der Waals surface area contributed by atoms with Crippen molar-refractivity contribution < 1.29 is 9.90 Å². The number of halogens is 1. The zero-order valence-corrected chi connectivity index (χ0v) is 13.8. The number of hydrogen-bond donors (Lipinski definition) is 2. The van der Waals surface area contributed by atoms with E-state index in [2.05, 4.69) is 10.1 Å². The molecule has 7 heteroatoms. The predicted molar refractivity (Wildman–Crippen MR) is 92.6 cm³/mol. The molecule has 6 nitrogen and oxygen atoms in total. The van der Waals surface area contributed by atoms with Gasteiger partial charge in [0.2, 0.25) is 0 Å². The van der Waals surface area contributed by atoms with Crippen molar-refractivity contribution in [3.8, 4) is 5.82 Å². The molecule has 1 aliphatic rings. The van der Waals surface area contributed by atoms with Crippen LogP contribution in [0.2, 0.25) is 5.02 Å². The monoisotopic (exact) mass is 355 g/mol. The van der Waals surface area contributed by atoms with E-state index in [1.165, 1.54) is 23.0 Å². The van der Waals surface area contributed by atoms with Gasteiger partial charge in [0.15, 0.2) is 5.82 Å². The van der Waals surface area contributed by atoms with Gasteiger partial charge in [-0.15, -0.1) is 0 Å². The Bertz CT molecular complexity index is 1020. The molecule has 2 heterocycles. The predicted octanol–water partition coefficient (Wildman–Crippen LogP) is 2.99. The molecule has 2 N–H and O–H groups in total. The quantitative estimate of drug-likeness (QED) is 0.753. The van der Waals surface area contributed by atoms with Gasteiger partial charge in [-0.2, -0.15) is 0 Å². The fourth-order valence-corrected chi connectivity index (χ4v) is 3.22. The van der Waals surface area contributed by atoms with E-state index in [1.807, 2.05) is 24.3 Å². The van der Waals surface area contributed by atoms with Gasteiger partial charge in [0, 0.05) is 28.4 Å². The minimum Gasteiger partial charge on any atom is -0.478 e. The first-order chi connectivity index (χ1) is 12.0. The Morgan fingerprint density at radius 3 is 2.56 bits per heavy atom. The zero-order chi connectivity index (χ0) is 17.6. The van der Waals surface area contributed by atoms with E-state index in [0.29, 0.717) is 5.02 Å². The number of carboxylic acid groups (broad SMARTS) is 1. The van der Waals surface area contributed by atoms with E-state index in [-0.39, 0.29) is 22.4 Å². The maximum absolute atomic E-state index is 12.4. The molecule has 0 radical (unpaired) electrons. The van der Waals surface area contributed by atoms with Crippen molar-refractivity contribution in [1.29, 1.82) is 0 Å². The topological polar surface area (TPSA) is 88.0 Å². The maximum Gasteiger partial charge on any atom is 0.335 e. The number of carboxylic acids is 1. The highest BCUT2D eigenvalue weighted by Gasteiger charge is 2.47. The Morgan fingerprint density at radius 1 is 1.20 bits per heavy atom. The van der Waals surface area contributed by atoms with Gasteiger partial charge in [-0.3, -0.25) is 9.89 Å². The van der Waals surface area contributed by atoms with Crippen molar-refractivity contribution in [2.45, 2.75) is 18.3 Å². The minimum atomic E-state index is -1.07. The first-order valence-corrected chi connectivity index (χ1v) is 8.16. The lowest BCUT2D eigenvalue weighted by Gasteiger charge is -2.14. The van der Waals surface area contributed by atoms with Gasteiger partial charge in [0.25, 0.3) is 5.56 Å². The van der Waals surface area contributed by atoms with Crippen molar-refractivity contribution in [3.05, 3.63) is 80.9 Å². The van der Waals surface area contributed by atoms with E-state index in [4.69, 9.17) is 16.7 Å². The molecule has 25 heavy (non-hydrogen) atoms. The van der Waals surface area contributed by atoms with E-state index in [9.17, 15) is 9.59 Å². The standard InChI is InChI=1S/C18H14ClN3O3/c19-13-3-1-12(2-4-13)18(6-7-18)14-10-16(23)22(21-14)15-9-11(17(24)25)5-8-20-15/h1-5,8-10,21H,6-7H2,(H,24,25). The van der Waals surface area contributed by atoms with Crippen LogP contribution in [0.1, 0.15) is 34.5 Å². The Hall–Kier alpha value is -2.86. The van der Waals surface area contributed by atoms with Crippen LogP contribution in [-0.2, 0) is 5.41 Å². The Morgan fingerprint density at radius 2 is 1.92 bits per heavy atom. The Labute approximate surface area is 147 Å². The molecule has 1 fully saturated rings. The number of nitrogens with one attached hydrogen (secondary N) is 1. The summed E-state index contributed by atoms with van der Waals surface area (Å²) in [6.45, 7) is 0. The van der Waals surface area contributed by atoms with E-state index in [0.717, 1.165) is 24.1 Å². The smallest absolute Gasteiger partial charge is 0.335 e. The number of aromatic amines is 1. The third-order valence-electron chi connectivity index (χ3n) is 4.60. The molecule has 0 amide bonds. The lowest BCUT2D eigenvalue weighted by molar-refractivity contribution is 0.0696. The highest BCUT2D eigenvalue weighted by Crippen LogP contribution is 2.52. The fraction of sp³-hybridized carbons (Fsp3) is 0.167. The molecule has 0 spiro atoms. The summed E-state index contributed by atoms with van der Waals surface area (Å²) in [5.74, 6) is -0.814. The highest BCUT2D eigenvalue weighted by atomic mass is 35.5. The maximum atomic E-state index is 12.4. The average Bonchev–Trinajstić information content (AvgIpc) is 3.32. The average molecular weight is 356 g/mol. The van der Waals surface area contributed by atoms with E-state index in [1.54, 1.807) is 6.07 Å². The molecule has 4 rings (SSSR count). The summed E-state index contributed by atoms with van der Waals surface area (Å²) in [5, 5.41) is 12.9. The van der Waals surface area contributed by atoms with Crippen LogP contribution in [0.3, 0.4) is 0 Å². The molecular weight excluding hydrogens is 342 g/mol. The number of aromatic carboxylic acids is 1. The molecule has 2 aromatic heterocycles. The SMILES string of the molecule is O=C(O)c1ccnc(-n2[nH]c(C3(c4ccc(Cl)cc4)CC3)cc2=O)c1. The van der Waals surface area contributed by atoms with Gasteiger partial charge < -0.3 is 5.11 Å². The minimum absolute atomic E-state index is 0.0758. The number of rotatable bonds is 4. The highest BCUT2D eigenvalue weighted by molar-refractivity contribution is 6.30. The van der Waals surface area contributed by atoms with Crippen molar-refractivity contribution in [1.82, 2.24) is 14.8 Å². The molecule has 1 saturated carbocycles. The molecule has 1 aliphatic carbocycles. The summed E-state index contributed by atoms with van der Waals surface area (Å²) in [7, 11) is 0. The van der Waals surface area contributed by atoms with Crippen molar-refractivity contribution >= 4 is 17.6 Å². The van der Waals surface area contributed by atoms with E-state index >= 15 is 0 Å². The van der Waals surface area contributed by atoms with Crippen molar-refractivity contribution in [2.75, 3.05) is 0 Å². The second-order valence-corrected chi connectivity index (χ2v) is 6.58. The lowest BCUT2D eigenvalue weighted by atomic mass is 9.93. The van der Waals surface area contributed by atoms with Gasteiger partial charge in [0.1, 0.15) is 0 Å². The second-order valence-electron chi connectivity index (χ2n) is 6.14. The normalized spacial score (nSPS) is 15.1. The van der Waals surface area contributed by atoms with E-state index < -0.39 is 5.97 Å². The molecule has 126 valence electrons. The van der Waals surface area contributed by atoms with Crippen LogP contribution >= 0.6 is 11.6 Å². The van der Waals surface area contributed by atoms with Gasteiger partial charge in [-0.05, 0) is 42.7 Å². The van der Waals surface area contributed by atoms with Crippen LogP contribution in [0.15, 0.2) is 53.5 Å². The molecule has 3 aromatic rings. The first kappa shape index (κ1) is 15.7. The molecular formula is C18H14ClN3O3. The van der Waals surface area contributed by atoms with Crippen LogP contribution in [0.4, 0.5) is 0 Å². The summed E-state index contributed by atoms with van der Waals surface area (Å²) in [4.78, 5) is 27.6. The Balaban J connectivity index is 1.76. The molecule has 0 unspecified atom stereocenters. The molecule has 1 aromatic carbocycles. The summed E-state index contributed by atoms with van der Waals surface area (Å²) < 4.78 is 1.28. The lowest BCUT2D eigenvalue weighted by Crippen LogP contribution is -2.16. The van der Waals surface area contributed by atoms with Crippen molar-refractivity contribution in [3.63, 3.8) is 0 Å². The fourth-order valence-electron chi connectivity index (χ4n) is 3.09. The molecule has 0 bridgehead atoms. The zero-order valence-electron chi connectivity index (χ0n) is 13.1. The van der Waals surface area contributed by atoms with Crippen LogP contribution in [-0.4, -0.2) is 25.8 Å². The number of H-pyrrole nitrogens is 1. The van der Waals surface area contributed by atoms with Gasteiger partial charge in [0.05, 0.1) is 5.56 Å². The van der Waals surface area contributed by atoms with Gasteiger partial charge >= 0.3 is 5.97 Å². The number of nitrogens with zero attached hydrogens (tertiary/aromatic N) is 2. The Kier molecular flexibility index (Phi) is 3.51. The molecule has 0 saturated heterocycles. The van der Waals surface area contributed by atoms with Gasteiger partial charge in [-0.25, -0.2) is 14.5 Å². The second kappa shape index (κ2) is 5.60. The van der Waals surface area contributed by atoms with Crippen LogP contribution in [0, 0.1) is 0 Å². The third kappa shape index (κ3) is 2.64. The number of pyridine rings is 1. The number of hydrogen-bond acceptors (Lipinski definition) is 3. The number of aromatic nitrogens is 3. The van der Waals surface area contributed by atoms with Crippen LogP contribution < -0.4 is 5.56 Å². The van der Waals surface area contributed by atoms with Crippen LogP contribution in [0.25, 0.3) is 5.82 Å². The van der Waals surface area contributed by atoms with Gasteiger partial charge in [-0.1, -0.05) is 23.7 Å². The first-order valence-electron chi connectivity index (χ1n) is 7.78. The summed E-state index contributed by atoms with van der Waals surface area (Å²) in [6.07, 6.45) is 3.23. The number of benzene rings is 1. The third-order valence-corrected chi connectivity index (χ3v) is 4.86. The summed E-state index contributed by atoms with van der Waals surface area (Å²) in [6, 6.07) is 11.9. The molecule has 0 atom stereocenters. The molecule has 0 aliphatic heterocycles. The summed E-state index contributed by atoms with van der Waals surface area (Å²) >= 11 is 5.96. The summed E-state index contributed by atoms with van der Waals surface area (Å²) in [5.41, 5.74) is 1.47. The largest absolute Gasteiger partial charge is 0.478 e. The van der Waals surface area contributed by atoms with Crippen LogP contribution in [0.5, 0.6) is 0 Å². The number of carbonyl (C=O) groups is 1. The van der Waals surface area contributed by atoms with Crippen molar-refractivity contribution in [2.24, 2.45) is 0 Å².